The molecule has 1 aliphatic heterocycles. The van der Waals surface area contributed by atoms with E-state index >= 15 is 0 Å². The Morgan fingerprint density at radius 2 is 1.88 bits per heavy atom. The lowest BCUT2D eigenvalue weighted by atomic mass is 9.98. The van der Waals surface area contributed by atoms with E-state index in [4.69, 9.17) is 21.1 Å². The molecule has 8 nitrogen and oxygen atoms in total. The Kier molecular flexibility index (Phi) is 4.95. The lowest BCUT2D eigenvalue weighted by Gasteiger charge is -2.20. The zero-order chi connectivity index (χ0) is 18.9. The fourth-order valence-corrected chi connectivity index (χ4v) is 3.66. The highest BCUT2D eigenvalue weighted by atomic mass is 35.5. The molecule has 1 aromatic rings. The SMILES string of the molecule is COc1cc(NC(=O)CN2C(=O)NC3(CCCC3)C2=O)c(OC)cc1Cl. The topological polar surface area (TPSA) is 97.0 Å². The van der Waals surface area contributed by atoms with Crippen LogP contribution < -0.4 is 20.1 Å². The summed E-state index contributed by atoms with van der Waals surface area (Å²) in [5.41, 5.74) is -0.500. The van der Waals surface area contributed by atoms with Gasteiger partial charge in [0.15, 0.2) is 0 Å². The van der Waals surface area contributed by atoms with Crippen molar-refractivity contribution >= 4 is 35.1 Å². The smallest absolute Gasteiger partial charge is 0.325 e. The van der Waals surface area contributed by atoms with E-state index in [2.05, 4.69) is 10.6 Å². The van der Waals surface area contributed by atoms with Gasteiger partial charge in [-0.25, -0.2) is 4.79 Å². The van der Waals surface area contributed by atoms with Gasteiger partial charge in [0, 0.05) is 12.1 Å². The second-order valence-corrected chi connectivity index (χ2v) is 6.75. The predicted molar refractivity (Wildman–Crippen MR) is 94.6 cm³/mol. The van der Waals surface area contributed by atoms with Crippen molar-refractivity contribution in [2.24, 2.45) is 0 Å². The monoisotopic (exact) mass is 381 g/mol. The van der Waals surface area contributed by atoms with Crippen LogP contribution in [0.25, 0.3) is 0 Å². The number of amides is 4. The van der Waals surface area contributed by atoms with Gasteiger partial charge in [0.2, 0.25) is 5.91 Å². The number of nitrogens with one attached hydrogen (secondary N) is 2. The highest BCUT2D eigenvalue weighted by Gasteiger charge is 2.52. The van der Waals surface area contributed by atoms with E-state index in [1.54, 1.807) is 0 Å². The molecule has 9 heteroatoms. The van der Waals surface area contributed by atoms with Crippen molar-refractivity contribution in [2.45, 2.75) is 31.2 Å². The maximum Gasteiger partial charge on any atom is 0.325 e. The van der Waals surface area contributed by atoms with Crippen LogP contribution in [0.2, 0.25) is 5.02 Å². The minimum absolute atomic E-state index is 0.333. The molecule has 26 heavy (non-hydrogen) atoms. The van der Waals surface area contributed by atoms with Crippen LogP contribution in [0.15, 0.2) is 12.1 Å². The number of rotatable bonds is 5. The number of imide groups is 1. The third-order valence-electron chi connectivity index (χ3n) is 4.75. The summed E-state index contributed by atoms with van der Waals surface area (Å²) in [6.45, 7) is -0.374. The van der Waals surface area contributed by atoms with Crippen molar-refractivity contribution in [2.75, 3.05) is 26.1 Å². The first-order valence-electron chi connectivity index (χ1n) is 8.25. The van der Waals surface area contributed by atoms with Gasteiger partial charge in [-0.05, 0) is 12.8 Å². The zero-order valence-electron chi connectivity index (χ0n) is 14.6. The van der Waals surface area contributed by atoms with E-state index in [1.807, 2.05) is 0 Å². The van der Waals surface area contributed by atoms with Crippen molar-refractivity contribution in [1.82, 2.24) is 10.2 Å². The van der Waals surface area contributed by atoms with Crippen LogP contribution in [-0.4, -0.2) is 49.0 Å². The maximum absolute atomic E-state index is 12.6. The molecule has 1 saturated carbocycles. The molecule has 1 aliphatic carbocycles. The minimum atomic E-state index is -0.835. The summed E-state index contributed by atoms with van der Waals surface area (Å²) in [5, 5.41) is 5.71. The molecule has 0 radical (unpaired) electrons. The van der Waals surface area contributed by atoms with Crippen LogP contribution >= 0.6 is 11.6 Å². The van der Waals surface area contributed by atoms with E-state index in [1.165, 1.54) is 26.4 Å². The van der Waals surface area contributed by atoms with Crippen LogP contribution in [0.5, 0.6) is 11.5 Å². The van der Waals surface area contributed by atoms with Gasteiger partial charge in [-0.15, -0.1) is 0 Å². The van der Waals surface area contributed by atoms with Crippen LogP contribution in [0.1, 0.15) is 25.7 Å². The minimum Gasteiger partial charge on any atom is -0.495 e. The Morgan fingerprint density at radius 3 is 2.50 bits per heavy atom. The van der Waals surface area contributed by atoms with Gasteiger partial charge < -0.3 is 20.1 Å². The Bertz CT molecular complexity index is 761. The molecule has 0 bridgehead atoms. The van der Waals surface area contributed by atoms with Gasteiger partial charge in [-0.1, -0.05) is 24.4 Å². The summed E-state index contributed by atoms with van der Waals surface area (Å²) >= 11 is 6.04. The van der Waals surface area contributed by atoms with Gasteiger partial charge in [-0.3, -0.25) is 14.5 Å². The molecule has 0 atom stereocenters. The van der Waals surface area contributed by atoms with Crippen LogP contribution in [0, 0.1) is 0 Å². The van der Waals surface area contributed by atoms with Gasteiger partial charge in [0.25, 0.3) is 5.91 Å². The second kappa shape index (κ2) is 7.03. The summed E-state index contributed by atoms with van der Waals surface area (Å²) in [5.74, 6) is -0.154. The largest absolute Gasteiger partial charge is 0.495 e. The zero-order valence-corrected chi connectivity index (χ0v) is 15.3. The van der Waals surface area contributed by atoms with Crippen LogP contribution in [0.4, 0.5) is 10.5 Å². The summed E-state index contributed by atoms with van der Waals surface area (Å²) in [6, 6.07) is 2.49. The number of carbonyl (C=O) groups excluding carboxylic acids is 3. The molecule has 4 amide bonds. The number of benzene rings is 1. The molecule has 1 saturated heterocycles. The van der Waals surface area contributed by atoms with Crippen molar-refractivity contribution in [3.05, 3.63) is 17.2 Å². The molecular weight excluding hydrogens is 362 g/mol. The van der Waals surface area contributed by atoms with Crippen molar-refractivity contribution in [3.8, 4) is 11.5 Å². The highest BCUT2D eigenvalue weighted by Crippen LogP contribution is 2.37. The Morgan fingerprint density at radius 1 is 1.23 bits per heavy atom. The summed E-state index contributed by atoms with van der Waals surface area (Å²) < 4.78 is 10.3. The van der Waals surface area contributed by atoms with Gasteiger partial charge in [-0.2, -0.15) is 0 Å². The summed E-state index contributed by atoms with van der Waals surface area (Å²) in [7, 11) is 2.89. The number of hydrogen-bond donors (Lipinski definition) is 2. The number of halogens is 1. The Labute approximate surface area is 155 Å². The fourth-order valence-electron chi connectivity index (χ4n) is 3.43. The van der Waals surface area contributed by atoms with E-state index in [0.717, 1.165) is 17.7 Å². The second-order valence-electron chi connectivity index (χ2n) is 6.35. The molecule has 2 N–H and O–H groups in total. The van der Waals surface area contributed by atoms with Crippen LogP contribution in [0.3, 0.4) is 0 Å². The molecule has 0 unspecified atom stereocenters. The number of carbonyl (C=O) groups is 3. The van der Waals surface area contributed by atoms with E-state index < -0.39 is 17.5 Å². The van der Waals surface area contributed by atoms with Crippen molar-refractivity contribution in [3.63, 3.8) is 0 Å². The molecule has 0 aromatic heterocycles. The summed E-state index contributed by atoms with van der Waals surface area (Å²) in [6.07, 6.45) is 2.98. The maximum atomic E-state index is 12.6. The quantitative estimate of drug-likeness (QED) is 0.762. The van der Waals surface area contributed by atoms with Gasteiger partial charge >= 0.3 is 6.03 Å². The first-order valence-corrected chi connectivity index (χ1v) is 8.63. The van der Waals surface area contributed by atoms with E-state index in [9.17, 15) is 14.4 Å². The number of methoxy groups -OCH3 is 2. The average Bonchev–Trinajstić information content (AvgIpc) is 3.17. The highest BCUT2D eigenvalue weighted by molar-refractivity contribution is 6.32. The van der Waals surface area contributed by atoms with Crippen molar-refractivity contribution < 1.29 is 23.9 Å². The number of anilines is 1. The number of ether oxygens (including phenoxy) is 2. The number of hydrogen-bond acceptors (Lipinski definition) is 5. The third-order valence-corrected chi connectivity index (χ3v) is 5.05. The van der Waals surface area contributed by atoms with E-state index in [-0.39, 0.29) is 12.5 Å². The molecule has 3 rings (SSSR count). The fraction of sp³-hybridized carbons (Fsp3) is 0.471. The lowest BCUT2D eigenvalue weighted by Crippen LogP contribution is -2.44. The van der Waals surface area contributed by atoms with E-state index in [0.29, 0.717) is 35.1 Å². The average molecular weight is 382 g/mol. The Hall–Kier alpha value is -2.48. The summed E-state index contributed by atoms with van der Waals surface area (Å²) in [4.78, 5) is 38.1. The normalized spacial score (nSPS) is 18.2. The molecule has 2 aliphatic rings. The van der Waals surface area contributed by atoms with Gasteiger partial charge in [0.05, 0.1) is 24.9 Å². The number of nitrogens with zero attached hydrogens (tertiary/aromatic N) is 1. The van der Waals surface area contributed by atoms with Gasteiger partial charge in [0.1, 0.15) is 23.6 Å². The third kappa shape index (κ3) is 3.16. The number of urea groups is 1. The first-order chi connectivity index (χ1) is 12.4. The predicted octanol–water partition coefficient (Wildman–Crippen LogP) is 2.16. The molecule has 2 fully saturated rings. The molecule has 1 spiro atoms. The molecular formula is C17H20ClN3O5. The molecule has 1 aromatic carbocycles. The molecule has 1 heterocycles. The molecule has 140 valence electrons. The lowest BCUT2D eigenvalue weighted by molar-refractivity contribution is -0.133. The first kappa shape index (κ1) is 18.3. The van der Waals surface area contributed by atoms with Crippen LogP contribution in [-0.2, 0) is 9.59 Å². The standard InChI is InChI=1S/C17H20ClN3O5/c1-25-12-8-11(13(26-2)7-10(12)18)19-14(22)9-21-15(23)17(20-16(21)24)5-3-4-6-17/h7-8H,3-6,9H2,1-2H3,(H,19,22)(H,20,24). The Balaban J connectivity index is 1.73. The van der Waals surface area contributed by atoms with Crippen molar-refractivity contribution in [1.29, 1.82) is 0 Å².